The van der Waals surface area contributed by atoms with E-state index in [1.54, 1.807) is 0 Å². The molecule has 4 rings (SSSR count). The van der Waals surface area contributed by atoms with Gasteiger partial charge < -0.3 is 9.47 Å². The Morgan fingerprint density at radius 3 is 2.78 bits per heavy atom. The normalized spacial score (nSPS) is 19.4. The maximum Gasteiger partial charge on any atom is 0.222 e. The van der Waals surface area contributed by atoms with Crippen LogP contribution in [0.5, 0.6) is 0 Å². The number of aromatic nitrogens is 2. The van der Waals surface area contributed by atoms with E-state index in [-0.39, 0.29) is 0 Å². The highest BCUT2D eigenvalue weighted by Gasteiger charge is 2.32. The first-order valence-corrected chi connectivity index (χ1v) is 8.87. The lowest BCUT2D eigenvalue weighted by Crippen LogP contribution is -2.51. The van der Waals surface area contributed by atoms with E-state index in [1.807, 2.05) is 11.1 Å². The predicted octanol–water partition coefficient (Wildman–Crippen LogP) is 3.15. The van der Waals surface area contributed by atoms with E-state index in [0.717, 1.165) is 25.9 Å². The molecule has 122 valence electrons. The quantitative estimate of drug-likeness (QED) is 0.870. The summed E-state index contributed by atoms with van der Waals surface area (Å²) in [4.78, 5) is 19.0. The first-order valence-electron chi connectivity index (χ1n) is 8.87. The number of hydrogen-bond acceptors (Lipinski definition) is 2. The van der Waals surface area contributed by atoms with Crippen molar-refractivity contribution in [3.8, 4) is 0 Å². The summed E-state index contributed by atoms with van der Waals surface area (Å²) < 4.78 is 2.15. The maximum atomic E-state index is 12.3. The van der Waals surface area contributed by atoms with Crippen LogP contribution in [-0.2, 0) is 18.3 Å². The molecule has 2 aromatic heterocycles. The molecule has 3 heterocycles. The van der Waals surface area contributed by atoms with Crippen LogP contribution < -0.4 is 0 Å². The summed E-state index contributed by atoms with van der Waals surface area (Å²) in [6, 6.07) is 4.20. The lowest BCUT2D eigenvalue weighted by molar-refractivity contribution is -0.138. The van der Waals surface area contributed by atoms with Crippen molar-refractivity contribution in [1.82, 2.24) is 14.5 Å². The van der Waals surface area contributed by atoms with Crippen LogP contribution in [-0.4, -0.2) is 33.4 Å². The second kappa shape index (κ2) is 5.99. The van der Waals surface area contributed by atoms with Crippen molar-refractivity contribution in [2.24, 2.45) is 18.9 Å². The molecule has 1 amide bonds. The number of rotatable bonds is 4. The van der Waals surface area contributed by atoms with E-state index in [0.29, 0.717) is 17.7 Å². The molecule has 23 heavy (non-hydrogen) atoms. The fourth-order valence-corrected chi connectivity index (χ4v) is 4.24. The van der Waals surface area contributed by atoms with Gasteiger partial charge in [-0.2, -0.15) is 0 Å². The van der Waals surface area contributed by atoms with Gasteiger partial charge in [-0.05, 0) is 43.2 Å². The SMILES string of the molecule is Cn1ccc2ccnc(CC3CN(C(=O)CC4CCCC4)C3)c21. The van der Waals surface area contributed by atoms with Crippen molar-refractivity contribution in [1.29, 1.82) is 0 Å². The predicted molar refractivity (Wildman–Crippen MR) is 91.1 cm³/mol. The Labute approximate surface area is 137 Å². The van der Waals surface area contributed by atoms with E-state index in [2.05, 4.69) is 34.9 Å². The molecule has 2 fully saturated rings. The average Bonchev–Trinajstić information content (AvgIpc) is 3.13. The maximum absolute atomic E-state index is 12.3. The van der Waals surface area contributed by atoms with Gasteiger partial charge in [0.25, 0.3) is 0 Å². The molecule has 4 nitrogen and oxygen atoms in total. The molecular weight excluding hydrogens is 286 g/mol. The van der Waals surface area contributed by atoms with Crippen LogP contribution in [0.1, 0.15) is 37.8 Å². The Kier molecular flexibility index (Phi) is 3.83. The minimum atomic E-state index is 0.373. The zero-order valence-electron chi connectivity index (χ0n) is 13.9. The van der Waals surface area contributed by atoms with Crippen LogP contribution in [0, 0.1) is 11.8 Å². The third-order valence-electron chi connectivity index (χ3n) is 5.59. The van der Waals surface area contributed by atoms with Crippen molar-refractivity contribution in [2.75, 3.05) is 13.1 Å². The molecule has 0 spiro atoms. The molecule has 1 saturated heterocycles. The van der Waals surface area contributed by atoms with Gasteiger partial charge in [0.15, 0.2) is 0 Å². The molecule has 0 radical (unpaired) electrons. The van der Waals surface area contributed by atoms with Gasteiger partial charge in [-0.1, -0.05) is 12.8 Å². The number of hydrogen-bond donors (Lipinski definition) is 0. The standard InChI is InChI=1S/C19H25N3O/c1-21-9-7-16-6-8-20-17(19(16)21)10-15-12-22(13-15)18(23)11-14-4-2-3-5-14/h6-9,14-15H,2-5,10-13H2,1H3. The lowest BCUT2D eigenvalue weighted by Gasteiger charge is -2.40. The number of amides is 1. The molecule has 0 atom stereocenters. The number of nitrogens with zero attached hydrogens (tertiary/aromatic N) is 3. The number of fused-ring (bicyclic) bond motifs is 1. The zero-order valence-corrected chi connectivity index (χ0v) is 13.9. The van der Waals surface area contributed by atoms with Gasteiger partial charge in [0.2, 0.25) is 5.91 Å². The van der Waals surface area contributed by atoms with Crippen molar-refractivity contribution in [2.45, 2.75) is 38.5 Å². The Balaban J connectivity index is 1.35. The second-order valence-corrected chi connectivity index (χ2v) is 7.35. The molecule has 2 aromatic rings. The zero-order chi connectivity index (χ0) is 15.8. The first kappa shape index (κ1) is 14.7. The molecule has 0 bridgehead atoms. The molecule has 2 aliphatic rings. The van der Waals surface area contributed by atoms with E-state index in [4.69, 9.17) is 0 Å². The van der Waals surface area contributed by atoms with Gasteiger partial charge in [-0.3, -0.25) is 9.78 Å². The number of carbonyl (C=O) groups is 1. The van der Waals surface area contributed by atoms with Crippen LogP contribution >= 0.6 is 0 Å². The summed E-state index contributed by atoms with van der Waals surface area (Å²) in [5, 5.41) is 1.26. The third-order valence-corrected chi connectivity index (χ3v) is 5.59. The summed E-state index contributed by atoms with van der Waals surface area (Å²) >= 11 is 0. The Morgan fingerprint density at radius 1 is 1.22 bits per heavy atom. The van der Waals surface area contributed by atoms with Gasteiger partial charge in [-0.15, -0.1) is 0 Å². The highest BCUT2D eigenvalue weighted by atomic mass is 16.2. The van der Waals surface area contributed by atoms with Crippen molar-refractivity contribution >= 4 is 16.8 Å². The van der Waals surface area contributed by atoms with Crippen molar-refractivity contribution in [3.05, 3.63) is 30.2 Å². The minimum absolute atomic E-state index is 0.373. The summed E-state index contributed by atoms with van der Waals surface area (Å²) in [5.41, 5.74) is 2.41. The van der Waals surface area contributed by atoms with Crippen molar-refractivity contribution in [3.63, 3.8) is 0 Å². The molecule has 0 N–H and O–H groups in total. The smallest absolute Gasteiger partial charge is 0.222 e. The summed E-state index contributed by atoms with van der Waals surface area (Å²) in [6.07, 6.45) is 10.9. The van der Waals surface area contributed by atoms with E-state index >= 15 is 0 Å². The first-order chi connectivity index (χ1) is 11.2. The minimum Gasteiger partial charge on any atom is -0.349 e. The van der Waals surface area contributed by atoms with Gasteiger partial charge in [0, 0.05) is 44.3 Å². The fraction of sp³-hybridized carbons (Fsp3) is 0.579. The second-order valence-electron chi connectivity index (χ2n) is 7.35. The Morgan fingerprint density at radius 2 is 2.00 bits per heavy atom. The number of carbonyl (C=O) groups excluding carboxylic acids is 1. The Hall–Kier alpha value is -1.84. The van der Waals surface area contributed by atoms with Gasteiger partial charge >= 0.3 is 0 Å². The van der Waals surface area contributed by atoms with Gasteiger partial charge in [0.05, 0.1) is 11.2 Å². The largest absolute Gasteiger partial charge is 0.349 e. The van der Waals surface area contributed by atoms with Gasteiger partial charge in [-0.25, -0.2) is 0 Å². The van der Waals surface area contributed by atoms with E-state index < -0.39 is 0 Å². The summed E-state index contributed by atoms with van der Waals surface area (Å²) in [6.45, 7) is 1.82. The van der Waals surface area contributed by atoms with Crippen LogP contribution in [0.25, 0.3) is 10.9 Å². The number of pyridine rings is 1. The van der Waals surface area contributed by atoms with E-state index in [9.17, 15) is 4.79 Å². The summed E-state index contributed by atoms with van der Waals surface area (Å²) in [5.74, 6) is 1.59. The molecule has 1 saturated carbocycles. The number of aryl methyl sites for hydroxylation is 1. The van der Waals surface area contributed by atoms with Crippen LogP contribution in [0.4, 0.5) is 0 Å². The molecule has 0 aromatic carbocycles. The molecule has 4 heteroatoms. The van der Waals surface area contributed by atoms with Crippen LogP contribution in [0.2, 0.25) is 0 Å². The van der Waals surface area contributed by atoms with Crippen LogP contribution in [0.3, 0.4) is 0 Å². The highest BCUT2D eigenvalue weighted by molar-refractivity contribution is 5.82. The summed E-state index contributed by atoms with van der Waals surface area (Å²) in [7, 11) is 2.08. The average molecular weight is 311 g/mol. The monoisotopic (exact) mass is 311 g/mol. The molecule has 1 aliphatic carbocycles. The highest BCUT2D eigenvalue weighted by Crippen LogP contribution is 2.30. The van der Waals surface area contributed by atoms with Crippen molar-refractivity contribution < 1.29 is 4.79 Å². The molecule has 1 aliphatic heterocycles. The lowest BCUT2D eigenvalue weighted by atomic mass is 9.92. The van der Waals surface area contributed by atoms with E-state index in [1.165, 1.54) is 42.3 Å². The Bertz CT molecular complexity index is 708. The van der Waals surface area contributed by atoms with Crippen LogP contribution in [0.15, 0.2) is 24.5 Å². The molecular formula is C19H25N3O. The fourth-order valence-electron chi connectivity index (χ4n) is 4.24. The topological polar surface area (TPSA) is 38.1 Å². The number of likely N-dealkylation sites (tertiary alicyclic amines) is 1. The third kappa shape index (κ3) is 2.87. The molecule has 0 unspecified atom stereocenters. The van der Waals surface area contributed by atoms with Gasteiger partial charge in [0.1, 0.15) is 0 Å².